The van der Waals surface area contributed by atoms with Gasteiger partial charge in [-0.25, -0.2) is 0 Å². The van der Waals surface area contributed by atoms with E-state index in [2.05, 4.69) is 0 Å². The molecule has 1 aromatic carbocycles. The summed E-state index contributed by atoms with van der Waals surface area (Å²) in [7, 11) is 0. The van der Waals surface area contributed by atoms with Crippen LogP contribution < -0.4 is 0 Å². The molecule has 0 saturated heterocycles. The molecule has 0 bridgehead atoms. The molecule has 1 N–H and O–H groups in total. The Morgan fingerprint density at radius 3 is 2.64 bits per heavy atom. The number of carboxylic acid groups (broad SMARTS) is 1. The van der Waals surface area contributed by atoms with Gasteiger partial charge in [0.25, 0.3) is 0 Å². The molecule has 0 aliphatic carbocycles. The second-order valence-corrected chi connectivity index (χ2v) is 3.56. The molecule has 14 heavy (non-hydrogen) atoms. The molecule has 1 unspecified atom stereocenters. The molecule has 1 aromatic rings. The zero-order valence-electron chi connectivity index (χ0n) is 8.87. The summed E-state index contributed by atoms with van der Waals surface area (Å²) in [6, 6.07) is 5.95. The summed E-state index contributed by atoms with van der Waals surface area (Å²) >= 11 is 0. The Morgan fingerprint density at radius 2 is 2.14 bits per heavy atom. The Bertz CT molecular complexity index is 342. The lowest BCUT2D eigenvalue weighted by molar-refractivity contribution is -0.138. The first-order chi connectivity index (χ1) is 6.57. The Kier molecular flexibility index (Phi) is 3.28. The van der Waals surface area contributed by atoms with E-state index in [1.165, 1.54) is 0 Å². The van der Waals surface area contributed by atoms with Crippen LogP contribution in [0.2, 0.25) is 0 Å². The molecular formula is C12H16O2. The van der Waals surface area contributed by atoms with E-state index < -0.39 is 11.9 Å². The number of rotatable bonds is 3. The van der Waals surface area contributed by atoms with E-state index >= 15 is 0 Å². The molecule has 0 aromatic heterocycles. The van der Waals surface area contributed by atoms with Gasteiger partial charge in [-0.05, 0) is 37.0 Å². The molecule has 0 aliphatic rings. The maximum absolute atomic E-state index is 10.9. The molecule has 0 amide bonds. The highest BCUT2D eigenvalue weighted by Gasteiger charge is 2.18. The van der Waals surface area contributed by atoms with Crippen LogP contribution in [0, 0.1) is 6.92 Å². The van der Waals surface area contributed by atoms with Crippen LogP contribution in [0.5, 0.6) is 0 Å². The molecule has 1 rings (SSSR count). The van der Waals surface area contributed by atoms with Gasteiger partial charge in [-0.15, -0.1) is 0 Å². The van der Waals surface area contributed by atoms with Crippen molar-refractivity contribution in [1.29, 1.82) is 0 Å². The smallest absolute Gasteiger partial charge is 0.310 e. The van der Waals surface area contributed by atoms with E-state index in [1.54, 1.807) is 6.92 Å². The molecular weight excluding hydrogens is 176 g/mol. The fourth-order valence-electron chi connectivity index (χ4n) is 1.79. The highest BCUT2D eigenvalue weighted by molar-refractivity contribution is 5.76. The van der Waals surface area contributed by atoms with Crippen LogP contribution in [0.1, 0.15) is 36.5 Å². The summed E-state index contributed by atoms with van der Waals surface area (Å²) in [5, 5.41) is 8.98. The van der Waals surface area contributed by atoms with Crippen LogP contribution in [-0.2, 0) is 11.2 Å². The fraction of sp³-hybridized carbons (Fsp3) is 0.417. The van der Waals surface area contributed by atoms with Crippen molar-refractivity contribution in [2.45, 2.75) is 33.1 Å². The number of carbonyl (C=O) groups is 1. The summed E-state index contributed by atoms with van der Waals surface area (Å²) in [6.07, 6.45) is 0.884. The summed E-state index contributed by atoms with van der Waals surface area (Å²) in [6.45, 7) is 5.75. The largest absolute Gasteiger partial charge is 0.481 e. The van der Waals surface area contributed by atoms with E-state index in [0.717, 1.165) is 23.1 Å². The van der Waals surface area contributed by atoms with Crippen LogP contribution in [0.25, 0.3) is 0 Å². The summed E-state index contributed by atoms with van der Waals surface area (Å²) < 4.78 is 0. The van der Waals surface area contributed by atoms with E-state index in [4.69, 9.17) is 5.11 Å². The lowest BCUT2D eigenvalue weighted by atomic mass is 9.90. The fourth-order valence-corrected chi connectivity index (χ4v) is 1.79. The van der Waals surface area contributed by atoms with Gasteiger partial charge in [-0.3, -0.25) is 4.79 Å². The van der Waals surface area contributed by atoms with Crippen molar-refractivity contribution >= 4 is 5.97 Å². The quantitative estimate of drug-likeness (QED) is 0.799. The highest BCUT2D eigenvalue weighted by Crippen LogP contribution is 2.24. The molecule has 2 heteroatoms. The van der Waals surface area contributed by atoms with Crippen molar-refractivity contribution in [3.63, 3.8) is 0 Å². The van der Waals surface area contributed by atoms with Gasteiger partial charge >= 0.3 is 5.97 Å². The molecule has 0 aliphatic heterocycles. The minimum absolute atomic E-state index is 0.411. The third kappa shape index (κ3) is 1.95. The van der Waals surface area contributed by atoms with Crippen molar-refractivity contribution in [2.24, 2.45) is 0 Å². The van der Waals surface area contributed by atoms with E-state index in [0.29, 0.717) is 0 Å². The normalized spacial score (nSPS) is 12.5. The Labute approximate surface area is 84.6 Å². The average Bonchev–Trinajstić information content (AvgIpc) is 2.16. The van der Waals surface area contributed by atoms with Gasteiger partial charge in [0.05, 0.1) is 5.92 Å². The van der Waals surface area contributed by atoms with Crippen LogP contribution in [0.4, 0.5) is 0 Å². The van der Waals surface area contributed by atoms with Gasteiger partial charge < -0.3 is 5.11 Å². The number of hydrogen-bond donors (Lipinski definition) is 1. The molecule has 2 nitrogen and oxygen atoms in total. The van der Waals surface area contributed by atoms with Gasteiger partial charge in [-0.1, -0.05) is 25.1 Å². The van der Waals surface area contributed by atoms with Crippen molar-refractivity contribution < 1.29 is 9.90 Å². The third-order valence-corrected chi connectivity index (χ3v) is 2.60. The number of aryl methyl sites for hydroxylation is 2. The van der Waals surface area contributed by atoms with E-state index in [1.807, 2.05) is 32.0 Å². The van der Waals surface area contributed by atoms with Crippen molar-refractivity contribution in [1.82, 2.24) is 0 Å². The Morgan fingerprint density at radius 1 is 1.50 bits per heavy atom. The van der Waals surface area contributed by atoms with Gasteiger partial charge in [0, 0.05) is 0 Å². The Hall–Kier alpha value is -1.31. The average molecular weight is 192 g/mol. The lowest BCUT2D eigenvalue weighted by Crippen LogP contribution is -2.11. The molecule has 0 fully saturated rings. The number of benzene rings is 1. The zero-order valence-corrected chi connectivity index (χ0v) is 8.87. The van der Waals surface area contributed by atoms with Crippen molar-refractivity contribution in [3.05, 3.63) is 34.9 Å². The first-order valence-corrected chi connectivity index (χ1v) is 4.89. The predicted molar refractivity (Wildman–Crippen MR) is 56.6 cm³/mol. The zero-order chi connectivity index (χ0) is 10.7. The molecule has 1 atom stereocenters. The molecule has 0 radical (unpaired) electrons. The van der Waals surface area contributed by atoms with Crippen LogP contribution in [0.15, 0.2) is 18.2 Å². The van der Waals surface area contributed by atoms with Gasteiger partial charge in [0.2, 0.25) is 0 Å². The SMILES string of the molecule is CCc1cccc(C)c1C(C)C(=O)O. The maximum atomic E-state index is 10.9. The Balaban J connectivity index is 3.23. The number of aliphatic carboxylic acids is 1. The first-order valence-electron chi connectivity index (χ1n) is 4.89. The molecule has 0 spiro atoms. The molecule has 76 valence electrons. The number of carboxylic acids is 1. The summed E-state index contributed by atoms with van der Waals surface area (Å²) in [4.78, 5) is 10.9. The lowest BCUT2D eigenvalue weighted by Gasteiger charge is -2.14. The predicted octanol–water partition coefficient (Wildman–Crippen LogP) is 2.75. The monoisotopic (exact) mass is 192 g/mol. The third-order valence-electron chi connectivity index (χ3n) is 2.60. The number of hydrogen-bond acceptors (Lipinski definition) is 1. The van der Waals surface area contributed by atoms with Crippen LogP contribution in [0.3, 0.4) is 0 Å². The standard InChI is InChI=1S/C12H16O2/c1-4-10-7-5-6-8(2)11(10)9(3)12(13)14/h5-7,9H,4H2,1-3H3,(H,13,14). The van der Waals surface area contributed by atoms with Gasteiger partial charge in [0.15, 0.2) is 0 Å². The summed E-state index contributed by atoms with van der Waals surface area (Å²) in [5.74, 6) is -1.17. The van der Waals surface area contributed by atoms with Crippen molar-refractivity contribution in [2.75, 3.05) is 0 Å². The van der Waals surface area contributed by atoms with Gasteiger partial charge in [-0.2, -0.15) is 0 Å². The highest BCUT2D eigenvalue weighted by atomic mass is 16.4. The van der Waals surface area contributed by atoms with E-state index in [9.17, 15) is 4.79 Å². The summed E-state index contributed by atoms with van der Waals surface area (Å²) in [5.41, 5.74) is 3.18. The molecule has 0 saturated carbocycles. The minimum Gasteiger partial charge on any atom is -0.481 e. The molecule has 0 heterocycles. The second-order valence-electron chi connectivity index (χ2n) is 3.56. The second kappa shape index (κ2) is 4.27. The van der Waals surface area contributed by atoms with E-state index in [-0.39, 0.29) is 0 Å². The van der Waals surface area contributed by atoms with Gasteiger partial charge in [0.1, 0.15) is 0 Å². The minimum atomic E-state index is -0.756. The maximum Gasteiger partial charge on any atom is 0.310 e. The van der Waals surface area contributed by atoms with Crippen molar-refractivity contribution in [3.8, 4) is 0 Å². The first kappa shape index (κ1) is 10.8. The topological polar surface area (TPSA) is 37.3 Å². The van der Waals surface area contributed by atoms with Crippen LogP contribution in [-0.4, -0.2) is 11.1 Å². The van der Waals surface area contributed by atoms with Crippen LogP contribution >= 0.6 is 0 Å².